The molecule has 0 radical (unpaired) electrons. The third kappa shape index (κ3) is 4.82. The van der Waals surface area contributed by atoms with Crippen LogP contribution in [0.5, 0.6) is 11.5 Å². The highest BCUT2D eigenvalue weighted by atomic mass is 127. The summed E-state index contributed by atoms with van der Waals surface area (Å²) in [6, 6.07) is 15.6. The molecule has 33 heavy (non-hydrogen) atoms. The van der Waals surface area contributed by atoms with Gasteiger partial charge >= 0.3 is 0 Å². The van der Waals surface area contributed by atoms with Gasteiger partial charge in [0.05, 0.1) is 22.2 Å². The topological polar surface area (TPSA) is 90.9 Å². The lowest BCUT2D eigenvalue weighted by Gasteiger charge is -2.38. The molecule has 10 heteroatoms. The van der Waals surface area contributed by atoms with Gasteiger partial charge in [-0.1, -0.05) is 28.1 Å². The quantitative estimate of drug-likeness (QED) is 0.294. The Labute approximate surface area is 220 Å². The van der Waals surface area contributed by atoms with Crippen LogP contribution in [0.2, 0.25) is 0 Å². The molecule has 170 valence electrons. The molecule has 0 aliphatic carbocycles. The number of phenols is 1. The number of rotatable bonds is 5. The summed E-state index contributed by atoms with van der Waals surface area (Å²) >= 11 is 8.89. The highest BCUT2D eigenvalue weighted by Gasteiger charge is 2.37. The molecule has 3 aromatic carbocycles. The van der Waals surface area contributed by atoms with E-state index in [1.54, 1.807) is 48.5 Å². The first-order valence-corrected chi connectivity index (χ1v) is 12.6. The van der Waals surface area contributed by atoms with Crippen molar-refractivity contribution in [2.75, 3.05) is 11.9 Å². The first-order chi connectivity index (χ1) is 15.8. The van der Waals surface area contributed by atoms with E-state index in [2.05, 4.69) is 65.2 Å². The van der Waals surface area contributed by atoms with Crippen LogP contribution in [0.15, 0.2) is 63.5 Å². The fourth-order valence-electron chi connectivity index (χ4n) is 3.51. The number of amides is 2. The molecule has 0 spiro atoms. The summed E-state index contributed by atoms with van der Waals surface area (Å²) in [4.78, 5) is 26.8. The summed E-state index contributed by atoms with van der Waals surface area (Å²) in [5.41, 5.74) is 4.41. The molecule has 3 aromatic rings. The molecule has 0 aromatic heterocycles. The van der Waals surface area contributed by atoms with E-state index in [1.165, 1.54) is 5.01 Å². The van der Waals surface area contributed by atoms with Crippen LogP contribution in [0.25, 0.3) is 0 Å². The molecular weight excluding hydrogens is 669 g/mol. The van der Waals surface area contributed by atoms with Crippen LogP contribution in [-0.4, -0.2) is 28.5 Å². The average Bonchev–Trinajstić information content (AvgIpc) is 2.79. The van der Waals surface area contributed by atoms with Crippen molar-refractivity contribution in [3.8, 4) is 11.5 Å². The molecular formula is C23H18Br2IN3O4. The van der Waals surface area contributed by atoms with Crippen molar-refractivity contribution in [1.82, 2.24) is 10.4 Å². The zero-order valence-electron chi connectivity index (χ0n) is 17.2. The van der Waals surface area contributed by atoms with Gasteiger partial charge in [-0.2, -0.15) is 0 Å². The molecule has 7 nitrogen and oxygen atoms in total. The van der Waals surface area contributed by atoms with E-state index in [9.17, 15) is 14.7 Å². The highest BCUT2D eigenvalue weighted by molar-refractivity contribution is 14.1. The molecule has 2 amide bonds. The Kier molecular flexibility index (Phi) is 7.15. The van der Waals surface area contributed by atoms with Crippen molar-refractivity contribution in [2.24, 2.45) is 0 Å². The SMILES string of the molecule is CCOc1ccccc1C(=O)NN1C(=O)c2cc(I)ccc2N[C@@H]1c1cc(Br)cc(Br)c1O. The number of fused-ring (bicyclic) bond motifs is 1. The van der Waals surface area contributed by atoms with Crippen LogP contribution in [0.4, 0.5) is 5.69 Å². The number of anilines is 1. The fourth-order valence-corrected chi connectivity index (χ4v) is 5.26. The summed E-state index contributed by atoms with van der Waals surface area (Å²) in [5.74, 6) is -0.562. The van der Waals surface area contributed by atoms with Gasteiger partial charge in [-0.15, -0.1) is 0 Å². The standard InChI is InChI=1S/C23H18Br2IN3O4/c1-2-33-19-6-4-3-5-14(19)22(31)28-29-21(16-9-12(24)10-17(25)20(16)30)27-18-8-7-13(26)11-15(18)23(29)32/h3-11,21,27,30H,2H2,1H3,(H,28,31)/t21-/m0/s1. The summed E-state index contributed by atoms with van der Waals surface area (Å²) < 4.78 is 7.59. The van der Waals surface area contributed by atoms with E-state index >= 15 is 0 Å². The number of hydrogen-bond donors (Lipinski definition) is 3. The predicted octanol–water partition coefficient (Wildman–Crippen LogP) is 5.83. The van der Waals surface area contributed by atoms with Crippen LogP contribution >= 0.6 is 54.5 Å². The third-order valence-electron chi connectivity index (χ3n) is 4.99. The summed E-state index contributed by atoms with van der Waals surface area (Å²) in [6.07, 6.45) is -0.873. The number of aromatic hydroxyl groups is 1. The molecule has 1 atom stereocenters. The van der Waals surface area contributed by atoms with Gasteiger partial charge in [-0.25, -0.2) is 5.01 Å². The Morgan fingerprint density at radius 1 is 1.21 bits per heavy atom. The second kappa shape index (κ2) is 9.90. The number of hydrazine groups is 1. The fraction of sp³-hybridized carbons (Fsp3) is 0.130. The monoisotopic (exact) mass is 685 g/mol. The normalized spacial score (nSPS) is 15.0. The van der Waals surface area contributed by atoms with Crippen LogP contribution in [0.3, 0.4) is 0 Å². The van der Waals surface area contributed by atoms with E-state index in [4.69, 9.17) is 4.74 Å². The minimum Gasteiger partial charge on any atom is -0.506 e. The van der Waals surface area contributed by atoms with Crippen LogP contribution in [0.1, 0.15) is 39.4 Å². The Bertz CT molecular complexity index is 1250. The molecule has 0 fully saturated rings. The minimum absolute atomic E-state index is 0.0496. The molecule has 4 rings (SSSR count). The van der Waals surface area contributed by atoms with Gasteiger partial charge in [0.15, 0.2) is 6.17 Å². The molecule has 3 N–H and O–H groups in total. The minimum atomic E-state index is -0.873. The summed E-state index contributed by atoms with van der Waals surface area (Å²) in [6.45, 7) is 2.22. The maximum Gasteiger partial charge on any atom is 0.276 e. The number of nitrogens with one attached hydrogen (secondary N) is 2. The second-order valence-electron chi connectivity index (χ2n) is 7.11. The molecule has 1 aliphatic heterocycles. The van der Waals surface area contributed by atoms with Crippen molar-refractivity contribution in [3.63, 3.8) is 0 Å². The van der Waals surface area contributed by atoms with Crippen LogP contribution in [-0.2, 0) is 0 Å². The van der Waals surface area contributed by atoms with Gasteiger partial charge in [-0.05, 0) is 87.9 Å². The van der Waals surface area contributed by atoms with Gasteiger partial charge in [-0.3, -0.25) is 15.0 Å². The Morgan fingerprint density at radius 3 is 2.73 bits per heavy atom. The number of halogens is 3. The number of carbonyl (C=O) groups excluding carboxylic acids is 2. The first kappa shape index (κ1) is 23.8. The van der Waals surface area contributed by atoms with Crippen molar-refractivity contribution in [3.05, 3.63) is 83.8 Å². The number of hydrogen-bond acceptors (Lipinski definition) is 5. The Balaban J connectivity index is 1.79. The highest BCUT2D eigenvalue weighted by Crippen LogP contribution is 2.40. The Hall–Kier alpha value is -2.31. The number of ether oxygens (including phenoxy) is 1. The maximum absolute atomic E-state index is 13.5. The number of nitrogens with zero attached hydrogens (tertiary/aromatic N) is 1. The number of benzene rings is 3. The van der Waals surface area contributed by atoms with Crippen molar-refractivity contribution >= 4 is 72.0 Å². The van der Waals surface area contributed by atoms with Crippen molar-refractivity contribution in [2.45, 2.75) is 13.1 Å². The van der Waals surface area contributed by atoms with E-state index in [0.717, 1.165) is 3.57 Å². The van der Waals surface area contributed by atoms with E-state index in [1.807, 2.05) is 13.0 Å². The van der Waals surface area contributed by atoms with E-state index in [0.29, 0.717) is 43.7 Å². The third-order valence-corrected chi connectivity index (χ3v) is 6.72. The lowest BCUT2D eigenvalue weighted by Crippen LogP contribution is -2.53. The summed E-state index contributed by atoms with van der Waals surface area (Å²) in [5, 5.41) is 15.2. The smallest absolute Gasteiger partial charge is 0.276 e. The van der Waals surface area contributed by atoms with Gasteiger partial charge in [0.25, 0.3) is 11.8 Å². The summed E-state index contributed by atoms with van der Waals surface area (Å²) in [7, 11) is 0. The zero-order chi connectivity index (χ0) is 23.7. The first-order valence-electron chi connectivity index (χ1n) is 9.90. The van der Waals surface area contributed by atoms with Crippen molar-refractivity contribution in [1.29, 1.82) is 0 Å². The van der Waals surface area contributed by atoms with E-state index < -0.39 is 18.0 Å². The number of carbonyl (C=O) groups is 2. The molecule has 0 saturated heterocycles. The van der Waals surface area contributed by atoms with Crippen LogP contribution < -0.4 is 15.5 Å². The average molecular weight is 687 g/mol. The Morgan fingerprint density at radius 2 is 1.97 bits per heavy atom. The van der Waals surface area contributed by atoms with Crippen molar-refractivity contribution < 1.29 is 19.4 Å². The molecule has 1 aliphatic rings. The predicted molar refractivity (Wildman–Crippen MR) is 140 cm³/mol. The molecule has 1 heterocycles. The number of para-hydroxylation sites is 1. The van der Waals surface area contributed by atoms with Gasteiger partial charge in [0.2, 0.25) is 0 Å². The largest absolute Gasteiger partial charge is 0.506 e. The van der Waals surface area contributed by atoms with Crippen LogP contribution in [0, 0.1) is 3.57 Å². The van der Waals surface area contributed by atoms with Gasteiger partial charge in [0, 0.05) is 19.3 Å². The maximum atomic E-state index is 13.5. The van der Waals surface area contributed by atoms with Gasteiger partial charge < -0.3 is 15.2 Å². The van der Waals surface area contributed by atoms with Gasteiger partial charge in [0.1, 0.15) is 11.5 Å². The van der Waals surface area contributed by atoms with E-state index in [-0.39, 0.29) is 5.75 Å². The lowest BCUT2D eigenvalue weighted by atomic mass is 10.0. The molecule has 0 saturated carbocycles. The number of phenolic OH excluding ortho intramolecular Hbond substituents is 1. The lowest BCUT2D eigenvalue weighted by molar-refractivity contribution is 0.0487. The molecule has 0 bridgehead atoms. The zero-order valence-corrected chi connectivity index (χ0v) is 22.6. The second-order valence-corrected chi connectivity index (χ2v) is 10.1. The molecule has 0 unspecified atom stereocenters.